The van der Waals surface area contributed by atoms with E-state index < -0.39 is 20.4 Å². The molecule has 0 amide bonds. The predicted molar refractivity (Wildman–Crippen MR) is 102 cm³/mol. The fraction of sp³-hybridized carbons (Fsp3) is 0.300. The van der Waals surface area contributed by atoms with E-state index in [1.807, 2.05) is 0 Å². The predicted octanol–water partition coefficient (Wildman–Crippen LogP) is 3.86. The molecule has 3 aromatic rings. The van der Waals surface area contributed by atoms with E-state index in [4.69, 9.17) is 9.31 Å². The zero-order chi connectivity index (χ0) is 16.9. The van der Waals surface area contributed by atoms with Gasteiger partial charge in [-0.25, -0.2) is 0 Å². The normalized spacial score (nSPS) is 19.1. The van der Waals surface area contributed by atoms with Gasteiger partial charge in [-0.3, -0.25) is 0 Å². The molecule has 4 rings (SSSR count). The van der Waals surface area contributed by atoms with Crippen LogP contribution in [0.1, 0.15) is 27.7 Å². The number of benzene rings is 2. The molecule has 1 saturated heterocycles. The van der Waals surface area contributed by atoms with Crippen LogP contribution in [0.25, 0.3) is 19.9 Å². The molecule has 122 valence electrons. The third-order valence-corrected chi connectivity index (χ3v) is 8.56. The van der Waals surface area contributed by atoms with Gasteiger partial charge in [-0.1, -0.05) is 0 Å². The Morgan fingerprint density at radius 2 is 1.38 bits per heavy atom. The molecule has 2 nitrogen and oxygen atoms in total. The SMILES string of the molecule is CC1(C)OB(c2[te]c3ccccc3c2-c2ccccc2)OC1(C)C. The maximum absolute atomic E-state index is 6.38. The van der Waals surface area contributed by atoms with Gasteiger partial charge in [0.25, 0.3) is 0 Å². The Balaban J connectivity index is 1.91. The molecule has 0 atom stereocenters. The first kappa shape index (κ1) is 16.4. The van der Waals surface area contributed by atoms with Crippen LogP contribution in [0.5, 0.6) is 0 Å². The molecule has 1 aromatic heterocycles. The molecule has 1 fully saturated rings. The first-order valence-corrected chi connectivity index (χ1v) is 10.6. The summed E-state index contributed by atoms with van der Waals surface area (Å²) in [5.41, 5.74) is 1.99. The van der Waals surface area contributed by atoms with Gasteiger partial charge < -0.3 is 0 Å². The minimum absolute atomic E-state index is 0.236. The molecule has 2 aromatic carbocycles. The summed E-state index contributed by atoms with van der Waals surface area (Å²) >= 11 is -0.489. The second-order valence-corrected chi connectivity index (χ2v) is 10.4. The minimum atomic E-state index is -0.489. The van der Waals surface area contributed by atoms with Crippen molar-refractivity contribution in [3.63, 3.8) is 0 Å². The molecule has 24 heavy (non-hydrogen) atoms. The first-order valence-electron chi connectivity index (χ1n) is 8.31. The second-order valence-electron chi connectivity index (χ2n) is 7.29. The quantitative estimate of drug-likeness (QED) is 0.574. The third kappa shape index (κ3) is 2.57. The zero-order valence-corrected chi connectivity index (χ0v) is 16.8. The van der Waals surface area contributed by atoms with E-state index in [2.05, 4.69) is 82.3 Å². The van der Waals surface area contributed by atoms with Gasteiger partial charge in [0.2, 0.25) is 0 Å². The van der Waals surface area contributed by atoms with Crippen LogP contribution >= 0.6 is 0 Å². The van der Waals surface area contributed by atoms with Gasteiger partial charge in [0, 0.05) is 0 Å². The molecule has 0 bridgehead atoms. The fourth-order valence-electron chi connectivity index (χ4n) is 3.08. The molecule has 1 aliphatic rings. The van der Waals surface area contributed by atoms with Crippen molar-refractivity contribution in [2.45, 2.75) is 38.9 Å². The molecule has 0 spiro atoms. The average Bonchev–Trinajstić information content (AvgIpc) is 3.03. The van der Waals surface area contributed by atoms with Crippen molar-refractivity contribution in [2.24, 2.45) is 0 Å². The van der Waals surface area contributed by atoms with Crippen LogP contribution in [0.15, 0.2) is 54.6 Å². The van der Waals surface area contributed by atoms with Gasteiger partial charge in [-0.2, -0.15) is 0 Å². The van der Waals surface area contributed by atoms with Gasteiger partial charge in [-0.15, -0.1) is 0 Å². The van der Waals surface area contributed by atoms with E-state index in [1.54, 1.807) is 0 Å². The number of hydrogen-bond donors (Lipinski definition) is 0. The molecule has 1 aliphatic heterocycles. The van der Waals surface area contributed by atoms with Crippen LogP contribution in [-0.4, -0.2) is 38.8 Å². The van der Waals surface area contributed by atoms with Crippen LogP contribution in [0, 0.1) is 0 Å². The second kappa shape index (κ2) is 5.75. The molecule has 0 N–H and O–H groups in total. The van der Waals surface area contributed by atoms with Gasteiger partial charge in [0.1, 0.15) is 0 Å². The fourth-order valence-corrected chi connectivity index (χ4v) is 6.47. The summed E-state index contributed by atoms with van der Waals surface area (Å²) in [5, 5.41) is 1.36. The Hall–Kier alpha value is -1.05. The van der Waals surface area contributed by atoms with Gasteiger partial charge in [0.05, 0.1) is 0 Å². The van der Waals surface area contributed by atoms with E-state index in [9.17, 15) is 0 Å². The van der Waals surface area contributed by atoms with Crippen molar-refractivity contribution in [3.05, 3.63) is 54.6 Å². The van der Waals surface area contributed by atoms with Crippen LogP contribution in [-0.2, 0) is 9.31 Å². The van der Waals surface area contributed by atoms with Crippen molar-refractivity contribution in [1.29, 1.82) is 0 Å². The summed E-state index contributed by atoms with van der Waals surface area (Å²) in [5.74, 6) is 0. The van der Waals surface area contributed by atoms with E-state index in [0.717, 1.165) is 0 Å². The van der Waals surface area contributed by atoms with Crippen molar-refractivity contribution < 1.29 is 9.31 Å². The maximum atomic E-state index is 6.38. The van der Waals surface area contributed by atoms with E-state index >= 15 is 0 Å². The molecule has 0 radical (unpaired) electrons. The molecular formula is C20H21BO2Te. The van der Waals surface area contributed by atoms with E-state index in [-0.39, 0.29) is 18.3 Å². The molecular weight excluding hydrogens is 411 g/mol. The average molecular weight is 432 g/mol. The van der Waals surface area contributed by atoms with Crippen molar-refractivity contribution in [2.75, 3.05) is 0 Å². The van der Waals surface area contributed by atoms with Gasteiger partial charge in [-0.05, 0) is 0 Å². The van der Waals surface area contributed by atoms with E-state index in [0.29, 0.717) is 0 Å². The Morgan fingerprint density at radius 1 is 0.792 bits per heavy atom. The van der Waals surface area contributed by atoms with Crippen molar-refractivity contribution in [3.8, 4) is 11.1 Å². The molecule has 2 heterocycles. The van der Waals surface area contributed by atoms with Crippen molar-refractivity contribution in [1.82, 2.24) is 0 Å². The van der Waals surface area contributed by atoms with Gasteiger partial charge in [0.15, 0.2) is 0 Å². The van der Waals surface area contributed by atoms with Crippen LogP contribution < -0.4 is 3.48 Å². The zero-order valence-electron chi connectivity index (χ0n) is 14.5. The summed E-state index contributed by atoms with van der Waals surface area (Å²) in [4.78, 5) is 0. The summed E-state index contributed by atoms with van der Waals surface area (Å²) in [6.45, 7) is 8.49. The number of fused-ring (bicyclic) bond motifs is 1. The monoisotopic (exact) mass is 434 g/mol. The van der Waals surface area contributed by atoms with Crippen LogP contribution in [0.3, 0.4) is 0 Å². The molecule has 4 heteroatoms. The Bertz CT molecular complexity index is 867. The Kier molecular flexibility index (Phi) is 3.93. The molecule has 0 saturated carbocycles. The van der Waals surface area contributed by atoms with E-state index in [1.165, 1.54) is 23.4 Å². The molecule has 0 unspecified atom stereocenters. The number of hydrogen-bond acceptors (Lipinski definition) is 2. The summed E-state index contributed by atoms with van der Waals surface area (Å²) < 4.78 is 15.6. The standard InChI is InChI=1S/C20H21BO2Te/c1-19(2)20(3,4)23-21(22-19)18-17(14-10-6-5-7-11-14)15-12-8-9-13-16(15)24-18/h5-13H,1-4H3. The van der Waals surface area contributed by atoms with Gasteiger partial charge >= 0.3 is 154 Å². The summed E-state index contributed by atoms with van der Waals surface area (Å²) in [6, 6.07) is 19.4. The third-order valence-electron chi connectivity index (χ3n) is 5.15. The summed E-state index contributed by atoms with van der Waals surface area (Å²) in [7, 11) is -0.236. The Labute approximate surface area is 153 Å². The number of rotatable bonds is 2. The van der Waals surface area contributed by atoms with Crippen molar-refractivity contribution >= 4 is 39.8 Å². The van der Waals surface area contributed by atoms with Crippen LogP contribution in [0.2, 0.25) is 0 Å². The van der Waals surface area contributed by atoms with Crippen LogP contribution in [0.4, 0.5) is 0 Å². The summed E-state index contributed by atoms with van der Waals surface area (Å²) in [6.07, 6.45) is 0. The first-order chi connectivity index (χ1) is 11.4. The molecule has 0 aliphatic carbocycles. The topological polar surface area (TPSA) is 18.5 Å². The Morgan fingerprint density at radius 3 is 2.04 bits per heavy atom.